The Labute approximate surface area is 115 Å². The van der Waals surface area contributed by atoms with Crippen molar-refractivity contribution in [1.82, 2.24) is 30.2 Å². The van der Waals surface area contributed by atoms with Crippen molar-refractivity contribution in [3.8, 4) is 0 Å². The van der Waals surface area contributed by atoms with Crippen LogP contribution in [-0.2, 0) is 0 Å². The molecule has 0 aliphatic heterocycles. The second-order valence-corrected chi connectivity index (χ2v) is 4.62. The lowest BCUT2D eigenvalue weighted by Crippen LogP contribution is -2.26. The summed E-state index contributed by atoms with van der Waals surface area (Å²) in [5.41, 5.74) is 0.616. The van der Waals surface area contributed by atoms with Gasteiger partial charge in [-0.1, -0.05) is 0 Å². The molecule has 104 valence electrons. The number of tetrazole rings is 1. The van der Waals surface area contributed by atoms with E-state index in [1.807, 2.05) is 38.4 Å². The van der Waals surface area contributed by atoms with Crippen molar-refractivity contribution in [2.24, 2.45) is 0 Å². The number of furan rings is 1. The molecule has 3 rings (SSSR count). The van der Waals surface area contributed by atoms with Crippen LogP contribution in [0.5, 0.6) is 0 Å². The predicted octanol–water partition coefficient (Wildman–Crippen LogP) is 0.827. The first-order chi connectivity index (χ1) is 9.74. The molecule has 1 N–H and O–H groups in total. The van der Waals surface area contributed by atoms with Crippen molar-refractivity contribution in [3.05, 3.63) is 36.3 Å². The average Bonchev–Trinajstić information content (AvgIpc) is 3.08. The number of anilines is 1. The van der Waals surface area contributed by atoms with E-state index in [4.69, 9.17) is 4.42 Å². The van der Waals surface area contributed by atoms with Crippen molar-refractivity contribution in [2.75, 3.05) is 26.0 Å². The average molecular weight is 273 g/mol. The standard InChI is InChI=1S/C12H15N7O/c1-18(2)9(10-4-3-7-20-10)8-13-11-5-6-12-14-16-17-19(12)15-11/h3-7,9H,8H2,1-2H3,(H,13,15). The van der Waals surface area contributed by atoms with Gasteiger partial charge in [0.15, 0.2) is 5.65 Å². The molecule has 0 fully saturated rings. The van der Waals surface area contributed by atoms with Crippen LogP contribution in [0.2, 0.25) is 0 Å². The van der Waals surface area contributed by atoms with E-state index in [-0.39, 0.29) is 6.04 Å². The number of hydrogen-bond acceptors (Lipinski definition) is 7. The summed E-state index contributed by atoms with van der Waals surface area (Å²) in [4.78, 5) is 2.08. The van der Waals surface area contributed by atoms with Crippen molar-refractivity contribution >= 4 is 11.5 Å². The zero-order chi connectivity index (χ0) is 13.9. The number of fused-ring (bicyclic) bond motifs is 1. The first kappa shape index (κ1) is 12.5. The first-order valence-corrected chi connectivity index (χ1v) is 6.23. The highest BCUT2D eigenvalue weighted by Crippen LogP contribution is 2.19. The van der Waals surface area contributed by atoms with Crippen LogP contribution in [0.3, 0.4) is 0 Å². The number of nitrogens with one attached hydrogen (secondary N) is 1. The summed E-state index contributed by atoms with van der Waals surface area (Å²) in [5, 5.41) is 18.7. The Balaban J connectivity index is 1.73. The molecule has 0 aliphatic carbocycles. The molecule has 0 saturated carbocycles. The van der Waals surface area contributed by atoms with Gasteiger partial charge < -0.3 is 9.73 Å². The van der Waals surface area contributed by atoms with Crippen LogP contribution in [0.25, 0.3) is 5.65 Å². The van der Waals surface area contributed by atoms with Gasteiger partial charge in [-0.15, -0.1) is 14.8 Å². The molecule has 8 heteroatoms. The molecule has 0 saturated heterocycles. The van der Waals surface area contributed by atoms with Gasteiger partial charge in [-0.25, -0.2) is 0 Å². The molecule has 0 radical (unpaired) electrons. The highest BCUT2D eigenvalue weighted by Gasteiger charge is 2.16. The molecule has 20 heavy (non-hydrogen) atoms. The molecule has 0 spiro atoms. The summed E-state index contributed by atoms with van der Waals surface area (Å²) in [7, 11) is 4.01. The number of likely N-dealkylation sites (N-methyl/N-ethyl adjacent to an activating group) is 1. The first-order valence-electron chi connectivity index (χ1n) is 6.23. The summed E-state index contributed by atoms with van der Waals surface area (Å²) in [6.45, 7) is 0.668. The fourth-order valence-corrected chi connectivity index (χ4v) is 1.96. The van der Waals surface area contributed by atoms with Gasteiger partial charge in [-0.2, -0.15) is 0 Å². The molecule has 3 heterocycles. The number of nitrogens with zero attached hydrogens (tertiary/aromatic N) is 6. The third kappa shape index (κ3) is 2.45. The molecule has 1 unspecified atom stereocenters. The number of aromatic nitrogens is 5. The molecule has 0 aliphatic rings. The van der Waals surface area contributed by atoms with Gasteiger partial charge >= 0.3 is 0 Å². The normalized spacial score (nSPS) is 12.9. The maximum Gasteiger partial charge on any atom is 0.200 e. The van der Waals surface area contributed by atoms with Gasteiger partial charge in [0.05, 0.1) is 12.3 Å². The zero-order valence-electron chi connectivity index (χ0n) is 11.3. The van der Waals surface area contributed by atoms with E-state index in [9.17, 15) is 0 Å². The quantitative estimate of drug-likeness (QED) is 0.736. The van der Waals surface area contributed by atoms with Crippen molar-refractivity contribution in [3.63, 3.8) is 0 Å². The molecule has 3 aromatic rings. The van der Waals surface area contributed by atoms with E-state index < -0.39 is 0 Å². The SMILES string of the molecule is CN(C)C(CNc1ccc2nnnn2n1)c1ccco1. The van der Waals surface area contributed by atoms with Gasteiger partial charge in [-0.05, 0) is 48.8 Å². The van der Waals surface area contributed by atoms with Gasteiger partial charge in [0.25, 0.3) is 0 Å². The van der Waals surface area contributed by atoms with Gasteiger partial charge in [0.2, 0.25) is 0 Å². The van der Waals surface area contributed by atoms with E-state index in [0.717, 1.165) is 5.76 Å². The minimum Gasteiger partial charge on any atom is -0.468 e. The third-order valence-corrected chi connectivity index (χ3v) is 3.04. The Morgan fingerprint density at radius 2 is 2.25 bits per heavy atom. The topological polar surface area (TPSA) is 84.4 Å². The van der Waals surface area contributed by atoms with E-state index in [0.29, 0.717) is 18.0 Å². The molecule has 3 aromatic heterocycles. The zero-order valence-corrected chi connectivity index (χ0v) is 11.3. The minimum absolute atomic E-state index is 0.122. The highest BCUT2D eigenvalue weighted by atomic mass is 16.3. The van der Waals surface area contributed by atoms with E-state index >= 15 is 0 Å². The van der Waals surface area contributed by atoms with Crippen LogP contribution in [0, 0.1) is 0 Å². The fourth-order valence-electron chi connectivity index (χ4n) is 1.96. The summed E-state index contributed by atoms with van der Waals surface area (Å²) in [6, 6.07) is 7.63. The second kappa shape index (κ2) is 5.25. The Bertz CT molecular complexity index is 676. The van der Waals surface area contributed by atoms with Crippen molar-refractivity contribution in [2.45, 2.75) is 6.04 Å². The van der Waals surface area contributed by atoms with E-state index in [1.165, 1.54) is 4.63 Å². The summed E-state index contributed by atoms with van der Waals surface area (Å²) < 4.78 is 6.85. The maximum absolute atomic E-state index is 5.46. The lowest BCUT2D eigenvalue weighted by Gasteiger charge is -2.22. The maximum atomic E-state index is 5.46. The van der Waals surface area contributed by atoms with Gasteiger partial charge in [0, 0.05) is 6.54 Å². The molecular formula is C12H15N7O. The van der Waals surface area contributed by atoms with Gasteiger partial charge in [0.1, 0.15) is 11.6 Å². The van der Waals surface area contributed by atoms with Crippen molar-refractivity contribution < 1.29 is 4.42 Å². The van der Waals surface area contributed by atoms with Crippen LogP contribution < -0.4 is 5.32 Å². The van der Waals surface area contributed by atoms with E-state index in [1.54, 1.807) is 6.26 Å². The Morgan fingerprint density at radius 1 is 1.35 bits per heavy atom. The monoisotopic (exact) mass is 273 g/mol. The number of rotatable bonds is 5. The summed E-state index contributed by atoms with van der Waals surface area (Å²) in [6.07, 6.45) is 1.68. The number of hydrogen-bond donors (Lipinski definition) is 1. The molecule has 0 bridgehead atoms. The molecule has 0 amide bonds. The predicted molar refractivity (Wildman–Crippen MR) is 72.2 cm³/mol. The molecule has 0 aromatic carbocycles. The van der Waals surface area contributed by atoms with E-state index in [2.05, 4.69) is 30.8 Å². The fraction of sp³-hybridized carbons (Fsp3) is 0.333. The minimum atomic E-state index is 0.122. The lowest BCUT2D eigenvalue weighted by molar-refractivity contribution is 0.269. The van der Waals surface area contributed by atoms with Crippen molar-refractivity contribution in [1.29, 1.82) is 0 Å². The highest BCUT2D eigenvalue weighted by molar-refractivity contribution is 5.42. The van der Waals surface area contributed by atoms with Crippen LogP contribution in [-0.4, -0.2) is 50.8 Å². The molecule has 8 nitrogen and oxygen atoms in total. The Hall–Kier alpha value is -2.48. The Morgan fingerprint density at radius 3 is 3.00 bits per heavy atom. The second-order valence-electron chi connectivity index (χ2n) is 4.62. The van der Waals surface area contributed by atoms with Crippen LogP contribution >= 0.6 is 0 Å². The Kier molecular flexibility index (Phi) is 3.30. The summed E-state index contributed by atoms with van der Waals surface area (Å²) >= 11 is 0. The third-order valence-electron chi connectivity index (χ3n) is 3.04. The van der Waals surface area contributed by atoms with Crippen LogP contribution in [0.4, 0.5) is 5.82 Å². The molecular weight excluding hydrogens is 258 g/mol. The largest absolute Gasteiger partial charge is 0.468 e. The lowest BCUT2D eigenvalue weighted by atomic mass is 10.2. The smallest absolute Gasteiger partial charge is 0.200 e. The summed E-state index contributed by atoms with van der Waals surface area (Å²) in [5.74, 6) is 1.62. The van der Waals surface area contributed by atoms with Crippen LogP contribution in [0.1, 0.15) is 11.8 Å². The van der Waals surface area contributed by atoms with Crippen LogP contribution in [0.15, 0.2) is 34.9 Å². The van der Waals surface area contributed by atoms with Gasteiger partial charge in [-0.3, -0.25) is 4.90 Å². The molecule has 1 atom stereocenters.